The van der Waals surface area contributed by atoms with Crippen LogP contribution in [0.2, 0.25) is 0 Å². The van der Waals surface area contributed by atoms with Crippen LogP contribution in [0.4, 0.5) is 5.69 Å². The van der Waals surface area contributed by atoms with Crippen LogP contribution in [-0.2, 0) is 4.74 Å². The molecule has 0 radical (unpaired) electrons. The highest BCUT2D eigenvalue weighted by molar-refractivity contribution is 6.21. The van der Waals surface area contributed by atoms with Crippen LogP contribution in [-0.4, -0.2) is 41.7 Å². The number of nitrogens with one attached hydrogen (secondary N) is 1. The standard InChI is InChI=1S/C23H18N2O6/c1-14-8-9-15(13-18(14)24-20(26)19-7-4-11-30-19)23(29)31-12-10-25-21(27)16-5-2-3-6-17(16)22(25)28/h2-9,11,13H,10,12H2,1H3,(H,24,26). The number of amides is 3. The maximum Gasteiger partial charge on any atom is 0.338 e. The second-order valence-electron chi connectivity index (χ2n) is 6.90. The lowest BCUT2D eigenvalue weighted by molar-refractivity contribution is 0.0420. The minimum Gasteiger partial charge on any atom is -0.460 e. The first-order valence-electron chi connectivity index (χ1n) is 9.53. The molecule has 0 saturated carbocycles. The maximum atomic E-state index is 12.4. The van der Waals surface area contributed by atoms with Crippen molar-refractivity contribution >= 4 is 29.4 Å². The highest BCUT2D eigenvalue weighted by Gasteiger charge is 2.34. The Kier molecular flexibility index (Phi) is 5.36. The molecule has 1 aliphatic heterocycles. The van der Waals surface area contributed by atoms with Crippen LogP contribution >= 0.6 is 0 Å². The predicted octanol–water partition coefficient (Wildman–Crippen LogP) is 3.29. The third-order valence-electron chi connectivity index (χ3n) is 4.89. The number of fused-ring (bicyclic) bond motifs is 1. The molecular weight excluding hydrogens is 400 g/mol. The summed E-state index contributed by atoms with van der Waals surface area (Å²) in [6.07, 6.45) is 1.39. The van der Waals surface area contributed by atoms with Crippen LogP contribution in [0.25, 0.3) is 0 Å². The Morgan fingerprint density at radius 2 is 1.71 bits per heavy atom. The molecule has 3 amide bonds. The number of aryl methyl sites for hydroxylation is 1. The molecular formula is C23H18N2O6. The van der Waals surface area contributed by atoms with E-state index >= 15 is 0 Å². The normalized spacial score (nSPS) is 12.6. The van der Waals surface area contributed by atoms with Crippen LogP contribution in [0.1, 0.15) is 47.2 Å². The quantitative estimate of drug-likeness (QED) is 0.486. The van der Waals surface area contributed by atoms with Crippen molar-refractivity contribution in [3.63, 3.8) is 0 Å². The lowest BCUT2D eigenvalue weighted by Gasteiger charge is -2.14. The maximum absolute atomic E-state index is 12.4. The molecule has 0 aliphatic carbocycles. The van der Waals surface area contributed by atoms with Gasteiger partial charge < -0.3 is 14.5 Å². The smallest absolute Gasteiger partial charge is 0.338 e. The Hall–Kier alpha value is -4.20. The summed E-state index contributed by atoms with van der Waals surface area (Å²) in [6.45, 7) is 1.59. The van der Waals surface area contributed by atoms with E-state index in [4.69, 9.17) is 9.15 Å². The number of nitrogens with zero attached hydrogens (tertiary/aromatic N) is 1. The Labute approximate surface area is 177 Å². The van der Waals surface area contributed by atoms with Gasteiger partial charge in [-0.15, -0.1) is 0 Å². The summed E-state index contributed by atoms with van der Waals surface area (Å²) in [7, 11) is 0. The first-order valence-corrected chi connectivity index (χ1v) is 9.53. The van der Waals surface area contributed by atoms with E-state index in [1.807, 2.05) is 0 Å². The van der Waals surface area contributed by atoms with Crippen LogP contribution < -0.4 is 5.32 Å². The first kappa shape index (κ1) is 20.1. The van der Waals surface area contributed by atoms with E-state index in [-0.39, 0.29) is 24.5 Å². The van der Waals surface area contributed by atoms with E-state index in [2.05, 4.69) is 5.32 Å². The highest BCUT2D eigenvalue weighted by Crippen LogP contribution is 2.22. The van der Waals surface area contributed by atoms with Gasteiger partial charge in [0.15, 0.2) is 5.76 Å². The van der Waals surface area contributed by atoms with Gasteiger partial charge >= 0.3 is 5.97 Å². The highest BCUT2D eigenvalue weighted by atomic mass is 16.5. The summed E-state index contributed by atoms with van der Waals surface area (Å²) in [5.74, 6) is -1.74. The van der Waals surface area contributed by atoms with Gasteiger partial charge in [0.25, 0.3) is 17.7 Å². The van der Waals surface area contributed by atoms with Crippen molar-refractivity contribution in [2.24, 2.45) is 0 Å². The molecule has 1 aliphatic rings. The van der Waals surface area contributed by atoms with Gasteiger partial charge in [0.1, 0.15) is 6.61 Å². The van der Waals surface area contributed by atoms with Gasteiger partial charge in [0, 0.05) is 5.69 Å². The molecule has 0 spiro atoms. The Bertz CT molecular complexity index is 1150. The van der Waals surface area contributed by atoms with Gasteiger partial charge in [0.2, 0.25) is 0 Å². The van der Waals surface area contributed by atoms with E-state index < -0.39 is 23.7 Å². The number of ether oxygens (including phenoxy) is 1. The number of esters is 1. The second kappa shape index (κ2) is 8.27. The van der Waals surface area contributed by atoms with Crippen molar-refractivity contribution in [1.29, 1.82) is 0 Å². The number of furan rings is 1. The SMILES string of the molecule is Cc1ccc(C(=O)OCCN2C(=O)c3ccccc3C2=O)cc1NC(=O)c1ccco1. The largest absolute Gasteiger partial charge is 0.460 e. The summed E-state index contributed by atoms with van der Waals surface area (Å²) in [6, 6.07) is 14.4. The fraction of sp³-hybridized carbons (Fsp3) is 0.130. The van der Waals surface area contributed by atoms with E-state index in [1.165, 1.54) is 18.4 Å². The van der Waals surface area contributed by atoms with Crippen molar-refractivity contribution in [3.05, 3.63) is 88.9 Å². The lowest BCUT2D eigenvalue weighted by atomic mass is 10.1. The average molecular weight is 418 g/mol. The molecule has 1 aromatic heterocycles. The van der Waals surface area contributed by atoms with Crippen molar-refractivity contribution in [3.8, 4) is 0 Å². The number of benzene rings is 2. The van der Waals surface area contributed by atoms with E-state index in [1.54, 1.807) is 49.4 Å². The van der Waals surface area contributed by atoms with Gasteiger partial charge in [-0.1, -0.05) is 18.2 Å². The summed E-state index contributed by atoms with van der Waals surface area (Å²) in [5.41, 5.74) is 2.10. The molecule has 0 bridgehead atoms. The van der Waals surface area contributed by atoms with Gasteiger partial charge in [-0.2, -0.15) is 0 Å². The van der Waals surface area contributed by atoms with Gasteiger partial charge in [0.05, 0.1) is 29.5 Å². The number of imide groups is 1. The number of anilines is 1. The Morgan fingerprint density at radius 3 is 2.35 bits per heavy atom. The molecule has 8 nitrogen and oxygen atoms in total. The topological polar surface area (TPSA) is 106 Å². The number of hydrogen-bond donors (Lipinski definition) is 1. The molecule has 0 unspecified atom stereocenters. The third kappa shape index (κ3) is 3.95. The van der Waals surface area contributed by atoms with Crippen LogP contribution in [0, 0.1) is 6.92 Å². The van der Waals surface area contributed by atoms with Crippen LogP contribution in [0.3, 0.4) is 0 Å². The molecule has 8 heteroatoms. The summed E-state index contributed by atoms with van der Waals surface area (Å²) < 4.78 is 10.3. The molecule has 156 valence electrons. The first-order chi connectivity index (χ1) is 15.0. The lowest BCUT2D eigenvalue weighted by Crippen LogP contribution is -2.33. The van der Waals surface area contributed by atoms with Gasteiger partial charge in [-0.3, -0.25) is 19.3 Å². The molecule has 1 N–H and O–H groups in total. The fourth-order valence-corrected chi connectivity index (χ4v) is 3.23. The van der Waals surface area contributed by atoms with E-state index in [0.717, 1.165) is 10.5 Å². The van der Waals surface area contributed by atoms with Gasteiger partial charge in [-0.05, 0) is 48.9 Å². The summed E-state index contributed by atoms with van der Waals surface area (Å²) >= 11 is 0. The minimum absolute atomic E-state index is 0.0496. The molecule has 2 heterocycles. The summed E-state index contributed by atoms with van der Waals surface area (Å²) in [4.78, 5) is 50.4. The van der Waals surface area contributed by atoms with E-state index in [9.17, 15) is 19.2 Å². The minimum atomic E-state index is -0.634. The summed E-state index contributed by atoms with van der Waals surface area (Å²) in [5, 5.41) is 2.69. The molecule has 3 aromatic rings. The second-order valence-corrected chi connectivity index (χ2v) is 6.90. The fourth-order valence-electron chi connectivity index (χ4n) is 3.23. The van der Waals surface area contributed by atoms with Crippen molar-refractivity contribution < 1.29 is 28.3 Å². The van der Waals surface area contributed by atoms with Crippen molar-refractivity contribution in [2.75, 3.05) is 18.5 Å². The molecule has 0 fully saturated rings. The predicted molar refractivity (Wildman–Crippen MR) is 110 cm³/mol. The molecule has 4 rings (SSSR count). The van der Waals surface area contributed by atoms with Crippen molar-refractivity contribution in [2.45, 2.75) is 6.92 Å². The van der Waals surface area contributed by atoms with Crippen LogP contribution in [0.15, 0.2) is 65.3 Å². The average Bonchev–Trinajstić information content (AvgIpc) is 3.39. The molecule has 31 heavy (non-hydrogen) atoms. The monoisotopic (exact) mass is 418 g/mol. The molecule has 0 saturated heterocycles. The van der Waals surface area contributed by atoms with Crippen molar-refractivity contribution in [1.82, 2.24) is 4.90 Å². The Morgan fingerprint density at radius 1 is 1.00 bits per heavy atom. The van der Waals surface area contributed by atoms with Gasteiger partial charge in [-0.25, -0.2) is 4.79 Å². The molecule has 2 aromatic carbocycles. The number of rotatable bonds is 6. The van der Waals surface area contributed by atoms with E-state index in [0.29, 0.717) is 16.8 Å². The zero-order valence-electron chi connectivity index (χ0n) is 16.6. The number of carbonyl (C=O) groups excluding carboxylic acids is 4. The number of hydrogen-bond acceptors (Lipinski definition) is 6. The molecule has 0 atom stereocenters. The zero-order chi connectivity index (χ0) is 22.0. The third-order valence-corrected chi connectivity index (χ3v) is 4.89. The van der Waals surface area contributed by atoms with Crippen LogP contribution in [0.5, 0.6) is 0 Å². The number of carbonyl (C=O) groups is 4. The zero-order valence-corrected chi connectivity index (χ0v) is 16.6. The Balaban J connectivity index is 1.38.